The minimum atomic E-state index is -0.769. The quantitative estimate of drug-likeness (QED) is 0.673. The number of aryl methyl sites for hydroxylation is 1. The fraction of sp³-hybridized carbons (Fsp3) is 0.158. The lowest BCUT2D eigenvalue weighted by atomic mass is 9.96. The molecule has 2 aromatic carbocycles. The second kappa shape index (κ2) is 5.73. The van der Waals surface area contributed by atoms with Crippen molar-refractivity contribution in [2.45, 2.75) is 19.5 Å². The Morgan fingerprint density at radius 3 is 2.84 bits per heavy atom. The standard InChI is InChI=1S/C19H16FN3O2/c1-10-6-7-14(20)13-8-15(22-16(10)13)18(24)23-17-12-5-3-2-4-11(12)9-21-19(17)25/h2-8,17,22H,9H2,1H3,(H,21,25)(H,23,24). The van der Waals surface area contributed by atoms with Crippen molar-refractivity contribution in [3.8, 4) is 0 Å². The van der Waals surface area contributed by atoms with Crippen LogP contribution in [0.1, 0.15) is 33.2 Å². The van der Waals surface area contributed by atoms with E-state index in [1.165, 1.54) is 12.1 Å². The Bertz CT molecular complexity index is 970. The summed E-state index contributed by atoms with van der Waals surface area (Å²) in [6.07, 6.45) is 0. The van der Waals surface area contributed by atoms with Crippen LogP contribution in [0.15, 0.2) is 42.5 Å². The lowest BCUT2D eigenvalue weighted by Crippen LogP contribution is -2.44. The number of aromatic nitrogens is 1. The molecule has 0 radical (unpaired) electrons. The largest absolute Gasteiger partial charge is 0.350 e. The predicted molar refractivity (Wildman–Crippen MR) is 91.5 cm³/mol. The van der Waals surface area contributed by atoms with Crippen molar-refractivity contribution in [2.75, 3.05) is 0 Å². The number of aromatic amines is 1. The Hall–Kier alpha value is -3.15. The number of rotatable bonds is 2. The first-order chi connectivity index (χ1) is 12.0. The number of hydrogen-bond donors (Lipinski definition) is 3. The van der Waals surface area contributed by atoms with Crippen LogP contribution in [0, 0.1) is 12.7 Å². The Kier molecular flexibility index (Phi) is 3.53. The van der Waals surface area contributed by atoms with Gasteiger partial charge >= 0.3 is 0 Å². The van der Waals surface area contributed by atoms with Gasteiger partial charge < -0.3 is 15.6 Å². The third-order valence-electron chi connectivity index (χ3n) is 4.55. The number of carbonyl (C=O) groups is 2. The fourth-order valence-electron chi connectivity index (χ4n) is 3.20. The van der Waals surface area contributed by atoms with E-state index >= 15 is 0 Å². The SMILES string of the molecule is Cc1ccc(F)c2cc(C(=O)NC3C(=O)NCc4ccccc43)[nH]c12. The van der Waals surface area contributed by atoms with E-state index in [1.807, 2.05) is 31.2 Å². The second-order valence-electron chi connectivity index (χ2n) is 6.16. The molecule has 2 amide bonds. The fourth-order valence-corrected chi connectivity index (χ4v) is 3.20. The highest BCUT2D eigenvalue weighted by atomic mass is 19.1. The van der Waals surface area contributed by atoms with E-state index in [-0.39, 0.29) is 11.6 Å². The molecule has 4 rings (SSSR count). The molecule has 3 N–H and O–H groups in total. The van der Waals surface area contributed by atoms with Gasteiger partial charge in [0.05, 0.1) is 5.52 Å². The van der Waals surface area contributed by atoms with Crippen LogP contribution in [0.3, 0.4) is 0 Å². The van der Waals surface area contributed by atoms with Gasteiger partial charge in [0.25, 0.3) is 5.91 Å². The van der Waals surface area contributed by atoms with Crippen LogP contribution < -0.4 is 10.6 Å². The summed E-state index contributed by atoms with van der Waals surface area (Å²) in [5.74, 6) is -1.10. The zero-order chi connectivity index (χ0) is 17.6. The van der Waals surface area contributed by atoms with Crippen molar-refractivity contribution in [1.82, 2.24) is 15.6 Å². The van der Waals surface area contributed by atoms with Gasteiger partial charge in [-0.15, -0.1) is 0 Å². The van der Waals surface area contributed by atoms with Crippen LogP contribution in [-0.2, 0) is 11.3 Å². The zero-order valence-electron chi connectivity index (χ0n) is 13.5. The predicted octanol–water partition coefficient (Wildman–Crippen LogP) is 2.72. The number of halogens is 1. The normalized spacial score (nSPS) is 16.4. The average Bonchev–Trinajstić information content (AvgIpc) is 3.07. The van der Waals surface area contributed by atoms with Gasteiger partial charge in [0.2, 0.25) is 5.91 Å². The van der Waals surface area contributed by atoms with Gasteiger partial charge in [-0.05, 0) is 35.7 Å². The molecule has 0 spiro atoms. The minimum Gasteiger partial charge on any atom is -0.350 e. The van der Waals surface area contributed by atoms with Crippen LogP contribution in [-0.4, -0.2) is 16.8 Å². The van der Waals surface area contributed by atoms with Crippen LogP contribution in [0.4, 0.5) is 4.39 Å². The van der Waals surface area contributed by atoms with E-state index in [1.54, 1.807) is 6.07 Å². The lowest BCUT2D eigenvalue weighted by molar-refractivity contribution is -0.123. The molecule has 25 heavy (non-hydrogen) atoms. The molecular weight excluding hydrogens is 321 g/mol. The van der Waals surface area contributed by atoms with E-state index in [9.17, 15) is 14.0 Å². The molecular formula is C19H16FN3O2. The van der Waals surface area contributed by atoms with E-state index < -0.39 is 17.8 Å². The summed E-state index contributed by atoms with van der Waals surface area (Å²) in [5, 5.41) is 5.86. The van der Waals surface area contributed by atoms with Crippen molar-refractivity contribution in [3.05, 3.63) is 70.7 Å². The average molecular weight is 337 g/mol. The summed E-state index contributed by atoms with van der Waals surface area (Å²) in [4.78, 5) is 27.8. The number of hydrogen-bond acceptors (Lipinski definition) is 2. The molecule has 126 valence electrons. The van der Waals surface area contributed by atoms with Gasteiger partial charge in [-0.3, -0.25) is 9.59 Å². The molecule has 2 heterocycles. The monoisotopic (exact) mass is 337 g/mol. The summed E-state index contributed by atoms with van der Waals surface area (Å²) in [7, 11) is 0. The zero-order valence-corrected chi connectivity index (χ0v) is 13.5. The number of fused-ring (bicyclic) bond motifs is 2. The highest BCUT2D eigenvalue weighted by Gasteiger charge is 2.29. The molecule has 1 aromatic heterocycles. The minimum absolute atomic E-state index is 0.221. The smallest absolute Gasteiger partial charge is 0.268 e. The molecule has 0 bridgehead atoms. The van der Waals surface area contributed by atoms with Crippen molar-refractivity contribution in [2.24, 2.45) is 0 Å². The van der Waals surface area contributed by atoms with Crippen LogP contribution in [0.5, 0.6) is 0 Å². The van der Waals surface area contributed by atoms with E-state index in [2.05, 4.69) is 15.6 Å². The molecule has 1 aliphatic heterocycles. The third-order valence-corrected chi connectivity index (χ3v) is 4.55. The molecule has 3 aromatic rings. The molecule has 0 saturated carbocycles. The van der Waals surface area contributed by atoms with Gasteiger partial charge in [-0.2, -0.15) is 0 Å². The first kappa shape index (κ1) is 15.4. The number of amides is 2. The number of nitrogens with one attached hydrogen (secondary N) is 3. The maximum atomic E-state index is 13.9. The van der Waals surface area contributed by atoms with E-state index in [0.29, 0.717) is 17.4 Å². The summed E-state index contributed by atoms with van der Waals surface area (Å²) < 4.78 is 13.9. The van der Waals surface area contributed by atoms with Crippen molar-refractivity contribution < 1.29 is 14.0 Å². The molecule has 6 heteroatoms. The molecule has 1 unspecified atom stereocenters. The number of H-pyrrole nitrogens is 1. The van der Waals surface area contributed by atoms with Gasteiger partial charge in [0.15, 0.2) is 0 Å². The number of carbonyl (C=O) groups excluding carboxylic acids is 2. The Morgan fingerprint density at radius 2 is 2.04 bits per heavy atom. The van der Waals surface area contributed by atoms with E-state index in [4.69, 9.17) is 0 Å². The van der Waals surface area contributed by atoms with Crippen LogP contribution in [0.25, 0.3) is 10.9 Å². The van der Waals surface area contributed by atoms with Gasteiger partial charge in [0.1, 0.15) is 17.6 Å². The highest BCUT2D eigenvalue weighted by molar-refractivity contribution is 6.01. The summed E-state index contributed by atoms with van der Waals surface area (Å²) in [5.41, 5.74) is 3.39. The Balaban J connectivity index is 1.68. The van der Waals surface area contributed by atoms with Crippen LogP contribution in [0.2, 0.25) is 0 Å². The van der Waals surface area contributed by atoms with Crippen molar-refractivity contribution in [3.63, 3.8) is 0 Å². The molecule has 0 aliphatic carbocycles. The summed E-state index contributed by atoms with van der Waals surface area (Å²) in [6.45, 7) is 2.28. The highest BCUT2D eigenvalue weighted by Crippen LogP contribution is 2.25. The first-order valence-electron chi connectivity index (χ1n) is 7.99. The van der Waals surface area contributed by atoms with Crippen molar-refractivity contribution >= 4 is 22.7 Å². The second-order valence-corrected chi connectivity index (χ2v) is 6.16. The summed E-state index contributed by atoms with van der Waals surface area (Å²) in [6, 6.07) is 11.2. The van der Waals surface area contributed by atoms with Gasteiger partial charge in [-0.25, -0.2) is 4.39 Å². The molecule has 1 atom stereocenters. The lowest BCUT2D eigenvalue weighted by Gasteiger charge is -2.25. The molecule has 1 aliphatic rings. The van der Waals surface area contributed by atoms with Gasteiger partial charge in [-0.1, -0.05) is 30.3 Å². The topological polar surface area (TPSA) is 74.0 Å². The Labute approximate surface area is 143 Å². The molecule has 5 nitrogen and oxygen atoms in total. The van der Waals surface area contributed by atoms with Gasteiger partial charge in [0, 0.05) is 11.9 Å². The number of benzene rings is 2. The van der Waals surface area contributed by atoms with Crippen LogP contribution >= 0.6 is 0 Å². The third kappa shape index (κ3) is 2.55. The molecule has 0 saturated heterocycles. The maximum absolute atomic E-state index is 13.9. The van der Waals surface area contributed by atoms with Crippen molar-refractivity contribution in [1.29, 1.82) is 0 Å². The Morgan fingerprint density at radius 1 is 1.24 bits per heavy atom. The molecule has 0 fully saturated rings. The maximum Gasteiger partial charge on any atom is 0.268 e. The summed E-state index contributed by atoms with van der Waals surface area (Å²) >= 11 is 0. The van der Waals surface area contributed by atoms with E-state index in [0.717, 1.165) is 16.7 Å². The first-order valence-corrected chi connectivity index (χ1v) is 7.99.